The summed E-state index contributed by atoms with van der Waals surface area (Å²) in [6, 6.07) is 13.8. The van der Waals surface area contributed by atoms with Crippen molar-refractivity contribution in [1.29, 1.82) is 0 Å². The Morgan fingerprint density at radius 1 is 1.16 bits per heavy atom. The molecule has 1 aliphatic rings. The van der Waals surface area contributed by atoms with Gasteiger partial charge in [-0.25, -0.2) is 9.79 Å². The fraction of sp³-hybridized carbons (Fsp3) is 0.111. The van der Waals surface area contributed by atoms with Crippen LogP contribution < -0.4 is 4.90 Å². The molecule has 0 amide bonds. The molecule has 3 rings (SSSR count). The molecule has 0 bridgehead atoms. The summed E-state index contributed by atoms with van der Waals surface area (Å²) in [5, 5.41) is 11.3. The normalized spacial score (nSPS) is 15.0. The molecule has 0 atom stereocenters. The van der Waals surface area contributed by atoms with Crippen LogP contribution in [0.2, 0.25) is 0 Å². The zero-order valence-electron chi connectivity index (χ0n) is 13.7. The fourth-order valence-corrected chi connectivity index (χ4v) is 2.43. The van der Waals surface area contributed by atoms with Crippen LogP contribution in [0.3, 0.4) is 0 Å². The SMILES string of the molecule is CN(C)c1ccc(/C=C2\N=C(c3ccccc3)OC2=O)cc1[N+](=O)[O-]. The van der Waals surface area contributed by atoms with Gasteiger partial charge in [0.2, 0.25) is 5.90 Å². The van der Waals surface area contributed by atoms with E-state index in [0.29, 0.717) is 16.8 Å². The highest BCUT2D eigenvalue weighted by Gasteiger charge is 2.24. The summed E-state index contributed by atoms with van der Waals surface area (Å²) in [7, 11) is 3.45. The van der Waals surface area contributed by atoms with Crippen LogP contribution in [0.4, 0.5) is 11.4 Å². The van der Waals surface area contributed by atoms with Gasteiger partial charge >= 0.3 is 5.97 Å². The summed E-state index contributed by atoms with van der Waals surface area (Å²) in [4.78, 5) is 28.7. The number of ether oxygens (including phenoxy) is 1. The highest BCUT2D eigenvalue weighted by Crippen LogP contribution is 2.29. The molecular weight excluding hydrogens is 322 g/mol. The van der Waals surface area contributed by atoms with Crippen LogP contribution in [0.1, 0.15) is 11.1 Å². The molecule has 25 heavy (non-hydrogen) atoms. The van der Waals surface area contributed by atoms with E-state index in [0.717, 1.165) is 0 Å². The second-order valence-electron chi connectivity index (χ2n) is 5.60. The molecule has 0 aliphatic carbocycles. The van der Waals surface area contributed by atoms with Crippen molar-refractivity contribution in [3.05, 3.63) is 75.5 Å². The average molecular weight is 337 g/mol. The van der Waals surface area contributed by atoms with E-state index in [9.17, 15) is 14.9 Å². The molecular formula is C18H15N3O4. The van der Waals surface area contributed by atoms with E-state index in [1.165, 1.54) is 12.1 Å². The quantitative estimate of drug-likeness (QED) is 0.370. The van der Waals surface area contributed by atoms with Crippen LogP contribution in [0.5, 0.6) is 0 Å². The summed E-state index contributed by atoms with van der Waals surface area (Å²) in [5.41, 5.74) is 1.73. The zero-order chi connectivity index (χ0) is 18.0. The van der Waals surface area contributed by atoms with Crippen molar-refractivity contribution >= 4 is 29.3 Å². The van der Waals surface area contributed by atoms with E-state index >= 15 is 0 Å². The maximum atomic E-state index is 12.0. The van der Waals surface area contributed by atoms with Gasteiger partial charge in [-0.15, -0.1) is 0 Å². The number of nitrogens with zero attached hydrogens (tertiary/aromatic N) is 3. The van der Waals surface area contributed by atoms with Gasteiger partial charge in [-0.2, -0.15) is 0 Å². The number of benzene rings is 2. The Morgan fingerprint density at radius 2 is 1.88 bits per heavy atom. The number of hydrogen-bond acceptors (Lipinski definition) is 6. The van der Waals surface area contributed by atoms with Crippen LogP contribution in [0.25, 0.3) is 6.08 Å². The van der Waals surface area contributed by atoms with Crippen molar-refractivity contribution in [2.24, 2.45) is 4.99 Å². The smallest absolute Gasteiger partial charge is 0.363 e. The number of carbonyl (C=O) groups excluding carboxylic acids is 1. The van der Waals surface area contributed by atoms with E-state index in [-0.39, 0.29) is 17.3 Å². The van der Waals surface area contributed by atoms with E-state index in [1.54, 1.807) is 43.3 Å². The number of nitro groups is 1. The van der Waals surface area contributed by atoms with Crippen LogP contribution in [-0.2, 0) is 9.53 Å². The van der Waals surface area contributed by atoms with Crippen molar-refractivity contribution < 1.29 is 14.5 Å². The number of carbonyl (C=O) groups is 1. The average Bonchev–Trinajstić information content (AvgIpc) is 2.96. The zero-order valence-corrected chi connectivity index (χ0v) is 13.7. The van der Waals surface area contributed by atoms with Crippen molar-refractivity contribution in [1.82, 2.24) is 0 Å². The summed E-state index contributed by atoms with van der Waals surface area (Å²) >= 11 is 0. The van der Waals surface area contributed by atoms with Crippen LogP contribution in [-0.4, -0.2) is 30.9 Å². The van der Waals surface area contributed by atoms with Gasteiger partial charge in [-0.05, 0) is 29.8 Å². The van der Waals surface area contributed by atoms with Crippen molar-refractivity contribution in [3.8, 4) is 0 Å². The molecule has 0 radical (unpaired) electrons. The predicted molar refractivity (Wildman–Crippen MR) is 94.5 cm³/mol. The first-order chi connectivity index (χ1) is 12.0. The Balaban J connectivity index is 1.98. The second kappa shape index (κ2) is 6.56. The molecule has 0 fully saturated rings. The van der Waals surface area contributed by atoms with Crippen LogP contribution in [0.15, 0.2) is 59.2 Å². The Morgan fingerprint density at radius 3 is 2.52 bits per heavy atom. The molecule has 126 valence electrons. The Labute approximate surface area is 144 Å². The van der Waals surface area contributed by atoms with E-state index < -0.39 is 10.9 Å². The molecule has 1 heterocycles. The Kier molecular flexibility index (Phi) is 4.30. The molecule has 7 nitrogen and oxygen atoms in total. The summed E-state index contributed by atoms with van der Waals surface area (Å²) in [5.74, 6) is -0.366. The van der Waals surface area contributed by atoms with Gasteiger partial charge in [0.15, 0.2) is 5.70 Å². The predicted octanol–water partition coefficient (Wildman–Crippen LogP) is 3.01. The van der Waals surface area contributed by atoms with E-state index in [4.69, 9.17) is 4.74 Å². The lowest BCUT2D eigenvalue weighted by Crippen LogP contribution is -2.11. The third-order valence-electron chi connectivity index (χ3n) is 3.62. The molecule has 0 aromatic heterocycles. The lowest BCUT2D eigenvalue weighted by Gasteiger charge is -2.12. The molecule has 1 aliphatic heterocycles. The first-order valence-corrected chi connectivity index (χ1v) is 7.49. The maximum Gasteiger partial charge on any atom is 0.363 e. The van der Waals surface area contributed by atoms with Gasteiger partial charge in [0.25, 0.3) is 5.69 Å². The van der Waals surface area contributed by atoms with E-state index in [1.807, 2.05) is 18.2 Å². The second-order valence-corrected chi connectivity index (χ2v) is 5.60. The van der Waals surface area contributed by atoms with Crippen molar-refractivity contribution in [2.45, 2.75) is 0 Å². The molecule has 0 saturated heterocycles. The number of nitro benzene ring substituents is 1. The topological polar surface area (TPSA) is 85.0 Å². The number of rotatable bonds is 4. The number of cyclic esters (lactones) is 1. The van der Waals surface area contributed by atoms with Crippen LogP contribution in [0, 0.1) is 10.1 Å². The van der Waals surface area contributed by atoms with Gasteiger partial charge in [-0.3, -0.25) is 10.1 Å². The minimum atomic E-state index is -0.585. The monoisotopic (exact) mass is 337 g/mol. The molecule has 0 saturated carbocycles. The number of aliphatic imine (C=N–C) groups is 1. The number of anilines is 1. The summed E-state index contributed by atoms with van der Waals surface area (Å²) in [6.45, 7) is 0. The van der Waals surface area contributed by atoms with E-state index in [2.05, 4.69) is 4.99 Å². The minimum Gasteiger partial charge on any atom is -0.402 e. The largest absolute Gasteiger partial charge is 0.402 e. The highest BCUT2D eigenvalue weighted by atomic mass is 16.6. The standard InChI is InChI=1S/C18H15N3O4/c1-20(2)15-9-8-12(11-16(15)21(23)24)10-14-18(22)25-17(19-14)13-6-4-3-5-7-13/h3-11H,1-2H3/b14-10-. The molecule has 0 N–H and O–H groups in total. The maximum absolute atomic E-state index is 12.0. The molecule has 2 aromatic rings. The van der Waals surface area contributed by atoms with Crippen molar-refractivity contribution in [2.75, 3.05) is 19.0 Å². The van der Waals surface area contributed by atoms with Gasteiger partial charge in [0, 0.05) is 25.7 Å². The molecule has 7 heteroatoms. The van der Waals surface area contributed by atoms with Gasteiger partial charge in [-0.1, -0.05) is 24.3 Å². The Hall–Kier alpha value is -3.48. The lowest BCUT2D eigenvalue weighted by molar-refractivity contribution is -0.384. The first kappa shape index (κ1) is 16.4. The number of esters is 1. The van der Waals surface area contributed by atoms with Crippen molar-refractivity contribution in [3.63, 3.8) is 0 Å². The minimum absolute atomic E-state index is 0.0435. The third kappa shape index (κ3) is 3.40. The number of hydrogen-bond donors (Lipinski definition) is 0. The van der Waals surface area contributed by atoms with Gasteiger partial charge in [0.05, 0.1) is 4.92 Å². The third-order valence-corrected chi connectivity index (χ3v) is 3.62. The first-order valence-electron chi connectivity index (χ1n) is 7.49. The lowest BCUT2D eigenvalue weighted by atomic mass is 10.1. The highest BCUT2D eigenvalue weighted by molar-refractivity contribution is 6.12. The summed E-state index contributed by atoms with van der Waals surface area (Å²) in [6.07, 6.45) is 1.48. The van der Waals surface area contributed by atoms with Gasteiger partial charge in [0.1, 0.15) is 5.69 Å². The Bertz CT molecular complexity index is 902. The molecule has 0 unspecified atom stereocenters. The molecule has 0 spiro atoms. The van der Waals surface area contributed by atoms with Gasteiger partial charge < -0.3 is 9.64 Å². The fourth-order valence-electron chi connectivity index (χ4n) is 2.43. The summed E-state index contributed by atoms with van der Waals surface area (Å²) < 4.78 is 5.17. The molecule has 2 aromatic carbocycles. The van der Waals surface area contributed by atoms with Crippen LogP contribution >= 0.6 is 0 Å².